The molecule has 1 aromatic carbocycles. The fraction of sp³-hybridized carbons (Fsp3) is 0.375. The smallest absolute Gasteiger partial charge is 0.314 e. The molecule has 1 fully saturated rings. The van der Waals surface area contributed by atoms with Crippen molar-refractivity contribution >= 4 is 39.7 Å². The average Bonchev–Trinajstić information content (AvgIpc) is 3.01. The van der Waals surface area contributed by atoms with E-state index in [-0.39, 0.29) is 18.4 Å². The Balaban J connectivity index is 0.00000208. The number of hydrogen-bond acceptors (Lipinski definition) is 3. The molecule has 24 heavy (non-hydrogen) atoms. The van der Waals surface area contributed by atoms with E-state index in [9.17, 15) is 13.2 Å². The highest BCUT2D eigenvalue weighted by Crippen LogP contribution is 2.37. The lowest BCUT2D eigenvalue weighted by Crippen LogP contribution is -2.45. The molecule has 0 aliphatic carbocycles. The number of alkyl halides is 3. The largest absolute Gasteiger partial charge is 0.416 e. The summed E-state index contributed by atoms with van der Waals surface area (Å²) in [5.41, 5.74) is 1.10. The first-order chi connectivity index (χ1) is 10.9. The van der Waals surface area contributed by atoms with Gasteiger partial charge in [0.2, 0.25) is 0 Å². The molecule has 1 saturated heterocycles. The van der Waals surface area contributed by atoms with Crippen LogP contribution in [0.4, 0.5) is 13.2 Å². The van der Waals surface area contributed by atoms with Crippen molar-refractivity contribution in [2.75, 3.05) is 26.2 Å². The molecular formula is C16H17BrClF3N2S. The average molecular weight is 442 g/mol. The third kappa shape index (κ3) is 4.52. The van der Waals surface area contributed by atoms with E-state index in [1.54, 1.807) is 17.4 Å². The summed E-state index contributed by atoms with van der Waals surface area (Å²) in [6.45, 7) is 3.32. The van der Waals surface area contributed by atoms with Gasteiger partial charge in [0.05, 0.1) is 11.6 Å². The topological polar surface area (TPSA) is 15.3 Å². The summed E-state index contributed by atoms with van der Waals surface area (Å²) in [7, 11) is 0. The van der Waals surface area contributed by atoms with Crippen LogP contribution in [0.25, 0.3) is 0 Å². The number of hydrogen-bond donors (Lipinski definition) is 1. The zero-order valence-electron chi connectivity index (χ0n) is 12.6. The Bertz CT molecular complexity index is 658. The van der Waals surface area contributed by atoms with E-state index in [0.717, 1.165) is 37.8 Å². The number of halogens is 5. The highest BCUT2D eigenvalue weighted by atomic mass is 79.9. The monoisotopic (exact) mass is 440 g/mol. The molecule has 2 nitrogen and oxygen atoms in total. The van der Waals surface area contributed by atoms with E-state index < -0.39 is 11.7 Å². The Morgan fingerprint density at radius 1 is 1.12 bits per heavy atom. The Hall–Kier alpha value is -0.600. The maximum absolute atomic E-state index is 13.2. The van der Waals surface area contributed by atoms with Crippen LogP contribution in [0.3, 0.4) is 0 Å². The van der Waals surface area contributed by atoms with Gasteiger partial charge < -0.3 is 5.32 Å². The Morgan fingerprint density at radius 3 is 2.42 bits per heavy atom. The summed E-state index contributed by atoms with van der Waals surface area (Å²) in [4.78, 5) is 2.24. The molecule has 132 valence electrons. The van der Waals surface area contributed by atoms with Gasteiger partial charge in [-0.1, -0.05) is 15.9 Å². The van der Waals surface area contributed by atoms with Crippen molar-refractivity contribution in [2.45, 2.75) is 12.2 Å². The zero-order chi connectivity index (χ0) is 16.4. The van der Waals surface area contributed by atoms with Crippen molar-refractivity contribution in [1.82, 2.24) is 10.2 Å². The van der Waals surface area contributed by atoms with E-state index in [2.05, 4.69) is 26.1 Å². The van der Waals surface area contributed by atoms with Crippen molar-refractivity contribution in [2.24, 2.45) is 0 Å². The predicted molar refractivity (Wildman–Crippen MR) is 97.0 cm³/mol. The lowest BCUT2D eigenvalue weighted by Gasteiger charge is -2.35. The molecule has 0 radical (unpaired) electrons. The molecule has 8 heteroatoms. The van der Waals surface area contributed by atoms with Gasteiger partial charge in [0, 0.05) is 30.7 Å². The molecule has 0 unspecified atom stereocenters. The first kappa shape index (κ1) is 19.7. The highest BCUT2D eigenvalue weighted by molar-refractivity contribution is 9.10. The van der Waals surface area contributed by atoms with E-state index in [4.69, 9.17) is 0 Å². The van der Waals surface area contributed by atoms with Gasteiger partial charge in [-0.15, -0.1) is 12.4 Å². The van der Waals surface area contributed by atoms with Crippen LogP contribution in [0, 0.1) is 0 Å². The van der Waals surface area contributed by atoms with Crippen LogP contribution in [0.2, 0.25) is 0 Å². The minimum Gasteiger partial charge on any atom is -0.314 e. The molecule has 0 bridgehead atoms. The fourth-order valence-corrected chi connectivity index (χ4v) is 4.11. The van der Waals surface area contributed by atoms with Gasteiger partial charge in [-0.3, -0.25) is 4.90 Å². The molecule has 1 atom stereocenters. The van der Waals surface area contributed by atoms with Crippen molar-refractivity contribution in [3.05, 3.63) is 56.2 Å². The quantitative estimate of drug-likeness (QED) is 0.725. The summed E-state index contributed by atoms with van der Waals surface area (Å²) in [5.74, 6) is 0. The van der Waals surface area contributed by atoms with E-state index in [0.29, 0.717) is 10.0 Å². The van der Waals surface area contributed by atoms with Crippen molar-refractivity contribution in [3.8, 4) is 0 Å². The Kier molecular flexibility index (Phi) is 6.73. The highest BCUT2D eigenvalue weighted by Gasteiger charge is 2.33. The molecule has 3 rings (SSSR count). The van der Waals surface area contributed by atoms with Crippen LogP contribution >= 0.6 is 39.7 Å². The van der Waals surface area contributed by atoms with Crippen LogP contribution in [-0.2, 0) is 6.18 Å². The van der Waals surface area contributed by atoms with Gasteiger partial charge in [-0.2, -0.15) is 24.5 Å². The standard InChI is InChI=1S/C16H16BrF3N2S.ClH/c17-14-8-12(7-13(9-14)16(18,19)20)15(11-1-6-23-10-11)22-4-2-21-3-5-22;/h1,6-10,15,21H,2-5H2;1H/t15-;/m1./s1. The van der Waals surface area contributed by atoms with Crippen LogP contribution < -0.4 is 5.32 Å². The molecule has 1 aliphatic rings. The predicted octanol–water partition coefficient (Wildman–Crippen LogP) is 4.95. The van der Waals surface area contributed by atoms with Crippen molar-refractivity contribution < 1.29 is 13.2 Å². The molecule has 1 aromatic heterocycles. The number of nitrogens with one attached hydrogen (secondary N) is 1. The van der Waals surface area contributed by atoms with Gasteiger partial charge in [0.1, 0.15) is 0 Å². The lowest BCUT2D eigenvalue weighted by atomic mass is 9.97. The number of thiophene rings is 1. The molecule has 0 amide bonds. The van der Waals surface area contributed by atoms with Gasteiger partial charge in [0.25, 0.3) is 0 Å². The zero-order valence-corrected chi connectivity index (χ0v) is 15.9. The summed E-state index contributed by atoms with van der Waals surface area (Å²) in [6, 6.07) is 6.04. The second-order valence-corrected chi connectivity index (χ2v) is 7.21. The Morgan fingerprint density at radius 2 is 1.83 bits per heavy atom. The third-order valence-electron chi connectivity index (χ3n) is 3.94. The summed E-state index contributed by atoms with van der Waals surface area (Å²) >= 11 is 4.80. The number of rotatable bonds is 3. The minimum absolute atomic E-state index is 0. The maximum atomic E-state index is 13.2. The first-order valence-electron chi connectivity index (χ1n) is 7.30. The SMILES string of the molecule is Cl.FC(F)(F)c1cc(Br)cc([C@@H](c2ccsc2)N2CCNCC2)c1. The van der Waals surface area contributed by atoms with E-state index >= 15 is 0 Å². The van der Waals surface area contributed by atoms with Crippen LogP contribution in [0.15, 0.2) is 39.5 Å². The first-order valence-corrected chi connectivity index (χ1v) is 9.03. The van der Waals surface area contributed by atoms with Gasteiger partial charge >= 0.3 is 6.18 Å². The van der Waals surface area contributed by atoms with Crippen molar-refractivity contribution in [1.29, 1.82) is 0 Å². The number of nitrogens with zero attached hydrogens (tertiary/aromatic N) is 1. The fourth-order valence-electron chi connectivity index (χ4n) is 2.92. The van der Waals surface area contributed by atoms with E-state index in [1.807, 2.05) is 16.8 Å². The third-order valence-corrected chi connectivity index (χ3v) is 5.10. The number of piperazine rings is 1. The van der Waals surface area contributed by atoms with Crippen LogP contribution in [0.1, 0.15) is 22.7 Å². The van der Waals surface area contributed by atoms with Crippen LogP contribution in [0.5, 0.6) is 0 Å². The molecule has 2 heterocycles. The van der Waals surface area contributed by atoms with Crippen LogP contribution in [-0.4, -0.2) is 31.1 Å². The Labute approximate surface area is 157 Å². The maximum Gasteiger partial charge on any atom is 0.416 e. The van der Waals surface area contributed by atoms with Gasteiger partial charge in [-0.05, 0) is 46.2 Å². The minimum atomic E-state index is -4.35. The molecule has 0 spiro atoms. The normalized spacial score (nSPS) is 17.3. The molecule has 2 aromatic rings. The van der Waals surface area contributed by atoms with E-state index in [1.165, 1.54) is 6.07 Å². The summed E-state index contributed by atoms with van der Waals surface area (Å²) < 4.78 is 39.9. The van der Waals surface area contributed by atoms with Crippen molar-refractivity contribution in [3.63, 3.8) is 0 Å². The number of benzene rings is 1. The van der Waals surface area contributed by atoms with Gasteiger partial charge in [0.15, 0.2) is 0 Å². The summed E-state index contributed by atoms with van der Waals surface area (Å²) in [5, 5.41) is 7.27. The lowest BCUT2D eigenvalue weighted by molar-refractivity contribution is -0.137. The summed E-state index contributed by atoms with van der Waals surface area (Å²) in [6.07, 6.45) is -4.35. The van der Waals surface area contributed by atoms with Gasteiger partial charge in [-0.25, -0.2) is 0 Å². The molecule has 0 saturated carbocycles. The second kappa shape index (κ2) is 8.19. The molecular weight excluding hydrogens is 425 g/mol. The molecule has 1 N–H and O–H groups in total. The molecule has 1 aliphatic heterocycles. The second-order valence-electron chi connectivity index (χ2n) is 5.52.